The van der Waals surface area contributed by atoms with E-state index in [1.165, 1.54) is 0 Å². The first kappa shape index (κ1) is 64.8. The third-order valence-corrected chi connectivity index (χ3v) is 0. The van der Waals surface area contributed by atoms with E-state index < -0.39 is 0 Å². The fourth-order valence-corrected chi connectivity index (χ4v) is 0. The van der Waals surface area contributed by atoms with Crippen molar-refractivity contribution in [3.8, 4) is 0 Å². The number of hydrogen-bond donors (Lipinski definition) is 0. The molecule has 0 saturated carbocycles. The van der Waals surface area contributed by atoms with Gasteiger partial charge in [0, 0.05) is 92.4 Å². The molecule has 0 bridgehead atoms. The molecule has 3 radical (unpaired) electrons. The van der Waals surface area contributed by atoms with Crippen LogP contribution in [-0.4, -0.2) is 8.41 Å². The molecule has 0 amide bonds. The van der Waals surface area contributed by atoms with Crippen LogP contribution in [0, 0.1) is 0 Å². The Morgan fingerprint density at radius 1 is 0.833 bits per heavy atom. The summed E-state index contributed by atoms with van der Waals surface area (Å²) in [5.74, 6) is 0. The first-order chi connectivity index (χ1) is 0. The maximum Gasteiger partial charge on any atom is 0.0814 e. The zero-order valence-corrected chi connectivity index (χ0v) is 10.1. The zero-order chi connectivity index (χ0) is 0. The molecule has 0 heterocycles. The first-order valence-corrected chi connectivity index (χ1v) is 0. The SMILES string of the molecule is B.[Co].[Co].[Cr].[Pt].[Re]. The van der Waals surface area contributed by atoms with E-state index in [9.17, 15) is 0 Å². The average molecular weight is 565 g/mol. The molecule has 0 N–H and O–H groups in total. The normalized spacial score (nSPS) is 0. The Kier molecular flexibility index (Phi) is 475. The maximum absolute atomic E-state index is 0. The Bertz CT molecular complexity index is 13.5. The fourth-order valence-electron chi connectivity index (χ4n) is 0. The Labute approximate surface area is 99.4 Å². The molecule has 0 aromatic heterocycles. The quantitative estimate of drug-likeness (QED) is 0.325. The predicted octanol–water partition coefficient (Wildman–Crippen LogP) is -1.20. The summed E-state index contributed by atoms with van der Waals surface area (Å²) in [6.07, 6.45) is 0. The van der Waals surface area contributed by atoms with Gasteiger partial charge in [-0.15, -0.1) is 0 Å². The Balaban J connectivity index is 0. The van der Waals surface area contributed by atoms with Crippen LogP contribution in [0.25, 0.3) is 0 Å². The molecular formula is H3BCo2CrPtRe. The van der Waals surface area contributed by atoms with Gasteiger partial charge in [0.2, 0.25) is 0 Å². The minimum Gasteiger partial charge on any atom is 0 e. The van der Waals surface area contributed by atoms with Gasteiger partial charge in [-0.2, -0.15) is 0 Å². The smallest absolute Gasteiger partial charge is 0 e. The Hall–Kier alpha value is 2.96. The molecule has 0 nitrogen and oxygen atoms in total. The molecule has 0 aromatic rings. The van der Waals surface area contributed by atoms with Gasteiger partial charge in [0.25, 0.3) is 0 Å². The van der Waals surface area contributed by atoms with E-state index in [4.69, 9.17) is 0 Å². The zero-order valence-electron chi connectivity index (χ0n) is 1.77. The second-order valence-corrected chi connectivity index (χ2v) is 0. The predicted molar refractivity (Wildman–Crippen MR) is 9.94 cm³/mol. The van der Waals surface area contributed by atoms with E-state index in [1.54, 1.807) is 0 Å². The topological polar surface area (TPSA) is 0 Å². The summed E-state index contributed by atoms with van der Waals surface area (Å²) in [6, 6.07) is 0. The van der Waals surface area contributed by atoms with Gasteiger partial charge in [0.05, 0.1) is 8.41 Å². The van der Waals surface area contributed by atoms with E-state index in [0.29, 0.717) is 0 Å². The van der Waals surface area contributed by atoms with Crippen molar-refractivity contribution in [3.05, 3.63) is 0 Å². The van der Waals surface area contributed by atoms with E-state index >= 15 is 0 Å². The fraction of sp³-hybridized carbons (Fsp3) is 0. The molecular weight excluding hydrogens is 562 g/mol. The van der Waals surface area contributed by atoms with Crippen LogP contribution >= 0.6 is 0 Å². The summed E-state index contributed by atoms with van der Waals surface area (Å²) < 4.78 is 0. The van der Waals surface area contributed by atoms with Crippen molar-refractivity contribution < 1.29 is 92.4 Å². The van der Waals surface area contributed by atoms with Crippen molar-refractivity contribution in [1.29, 1.82) is 0 Å². The van der Waals surface area contributed by atoms with Crippen molar-refractivity contribution in [1.82, 2.24) is 0 Å². The number of hydrogen-bond acceptors (Lipinski definition) is 0. The van der Waals surface area contributed by atoms with E-state index in [-0.39, 0.29) is 101 Å². The molecule has 0 fully saturated rings. The molecule has 0 rings (SSSR count). The van der Waals surface area contributed by atoms with Crippen molar-refractivity contribution in [2.75, 3.05) is 0 Å². The summed E-state index contributed by atoms with van der Waals surface area (Å²) in [4.78, 5) is 0. The minimum atomic E-state index is 0. The van der Waals surface area contributed by atoms with Crippen LogP contribution in [0.2, 0.25) is 0 Å². The van der Waals surface area contributed by atoms with Gasteiger partial charge >= 0.3 is 0 Å². The molecule has 0 aliphatic carbocycles. The molecule has 0 atom stereocenters. The van der Waals surface area contributed by atoms with Crippen LogP contribution in [-0.2, 0) is 92.4 Å². The Morgan fingerprint density at radius 2 is 0.833 bits per heavy atom. The molecule has 6 heteroatoms. The van der Waals surface area contributed by atoms with Gasteiger partial charge in [-0.05, 0) is 0 Å². The molecule has 0 aliphatic heterocycles. The molecule has 0 aliphatic rings. The second-order valence-electron chi connectivity index (χ2n) is 0. The number of rotatable bonds is 0. The van der Waals surface area contributed by atoms with Gasteiger partial charge in [0.1, 0.15) is 0 Å². The average Bonchev–Trinajstić information content (AvgIpc) is 0. The van der Waals surface area contributed by atoms with Gasteiger partial charge in [-0.1, -0.05) is 0 Å². The van der Waals surface area contributed by atoms with Gasteiger partial charge < -0.3 is 0 Å². The van der Waals surface area contributed by atoms with Crippen LogP contribution in [0.4, 0.5) is 0 Å². The molecule has 0 aromatic carbocycles. The monoisotopic (exact) mass is 566 g/mol. The summed E-state index contributed by atoms with van der Waals surface area (Å²) in [5, 5.41) is 0. The molecule has 0 unspecified atom stereocenters. The summed E-state index contributed by atoms with van der Waals surface area (Å²) >= 11 is 0. The van der Waals surface area contributed by atoms with Crippen molar-refractivity contribution in [2.45, 2.75) is 0 Å². The minimum absolute atomic E-state index is 0. The van der Waals surface area contributed by atoms with Crippen molar-refractivity contribution in [2.24, 2.45) is 0 Å². The summed E-state index contributed by atoms with van der Waals surface area (Å²) in [5.41, 5.74) is 0. The molecule has 47 valence electrons. The van der Waals surface area contributed by atoms with Gasteiger partial charge in [-0.25, -0.2) is 0 Å². The summed E-state index contributed by atoms with van der Waals surface area (Å²) in [7, 11) is 0. The summed E-state index contributed by atoms with van der Waals surface area (Å²) in [6.45, 7) is 0. The van der Waals surface area contributed by atoms with Gasteiger partial charge in [-0.3, -0.25) is 0 Å². The Morgan fingerprint density at radius 3 is 0.833 bits per heavy atom. The van der Waals surface area contributed by atoms with E-state index in [1.807, 2.05) is 0 Å². The van der Waals surface area contributed by atoms with Gasteiger partial charge in [0.15, 0.2) is 0 Å². The second kappa shape index (κ2) is 44.0. The maximum atomic E-state index is 0. The van der Waals surface area contributed by atoms with E-state index in [2.05, 4.69) is 0 Å². The van der Waals surface area contributed by atoms with Crippen LogP contribution in [0.15, 0.2) is 0 Å². The third kappa shape index (κ3) is 28.2. The standard InChI is InChI=1S/BH3.2Co.Cr.Pt.Re/h1H3;;;;;. The third-order valence-electron chi connectivity index (χ3n) is 0. The van der Waals surface area contributed by atoms with Crippen molar-refractivity contribution >= 4 is 8.41 Å². The first-order valence-electron chi connectivity index (χ1n) is 0. The van der Waals surface area contributed by atoms with Crippen LogP contribution in [0.1, 0.15) is 0 Å². The van der Waals surface area contributed by atoms with Crippen LogP contribution < -0.4 is 0 Å². The van der Waals surface area contributed by atoms with Crippen LogP contribution in [0.5, 0.6) is 0 Å². The van der Waals surface area contributed by atoms with Crippen molar-refractivity contribution in [3.63, 3.8) is 0 Å². The molecule has 6 heavy (non-hydrogen) atoms. The molecule has 0 saturated heterocycles. The molecule has 0 spiro atoms. The van der Waals surface area contributed by atoms with E-state index in [0.717, 1.165) is 0 Å². The largest absolute Gasteiger partial charge is 0.0814 e. The van der Waals surface area contributed by atoms with Crippen LogP contribution in [0.3, 0.4) is 0 Å².